The highest BCUT2D eigenvalue weighted by Gasteiger charge is 2.59. The molecule has 1 heterocycles. The number of epoxide rings is 1. The largest absolute Gasteiger partial charge is 0.347 e. The summed E-state index contributed by atoms with van der Waals surface area (Å²) in [6.07, 6.45) is 8.41. The van der Waals surface area contributed by atoms with E-state index in [4.69, 9.17) is 4.74 Å². The second kappa shape index (κ2) is 2.28. The first-order valence-electron chi connectivity index (χ1n) is 4.48. The molecule has 1 aliphatic heterocycles. The molecule has 2 unspecified atom stereocenters. The van der Waals surface area contributed by atoms with Crippen LogP contribution in [0.15, 0.2) is 23.8 Å². The quantitative estimate of drug-likeness (QED) is 0.393. The lowest BCUT2D eigenvalue weighted by atomic mass is 9.97. The molecule has 1 fully saturated rings. The first kappa shape index (κ1) is 7.01. The van der Waals surface area contributed by atoms with Crippen molar-refractivity contribution in [2.45, 2.75) is 24.5 Å². The average Bonchev–Trinajstić information content (AvgIpc) is 2.65. The van der Waals surface area contributed by atoms with E-state index in [1.165, 1.54) is 5.57 Å². The Kier molecular flexibility index (Phi) is 1.23. The Hall–Kier alpha value is -1.44. The zero-order chi connectivity index (χ0) is 8.73. The Bertz CT molecular complexity index is 433. The standard InChI is InChI=1S/C12H8O/c1-2-4-8-11-12(13-11)9-5-7-10(12)6-3-1/h3,6-7,11H,5,9H2/b6-3-. The Morgan fingerprint density at radius 1 is 1.46 bits per heavy atom. The first-order chi connectivity index (χ1) is 6.42. The van der Waals surface area contributed by atoms with Crippen molar-refractivity contribution < 1.29 is 4.74 Å². The van der Waals surface area contributed by atoms with Gasteiger partial charge >= 0.3 is 0 Å². The van der Waals surface area contributed by atoms with Crippen LogP contribution in [0.1, 0.15) is 12.8 Å². The lowest BCUT2D eigenvalue weighted by Crippen LogP contribution is -2.11. The van der Waals surface area contributed by atoms with Crippen LogP contribution in [0.2, 0.25) is 0 Å². The normalized spacial score (nSPS) is 40.0. The lowest BCUT2D eigenvalue weighted by molar-refractivity contribution is 0.332. The summed E-state index contributed by atoms with van der Waals surface area (Å²) in [4.78, 5) is 0. The van der Waals surface area contributed by atoms with Gasteiger partial charge in [0.25, 0.3) is 0 Å². The monoisotopic (exact) mass is 168 g/mol. The maximum Gasteiger partial charge on any atom is 0.153 e. The van der Waals surface area contributed by atoms with E-state index in [0.717, 1.165) is 12.8 Å². The van der Waals surface area contributed by atoms with Gasteiger partial charge in [-0.05, 0) is 42.4 Å². The van der Waals surface area contributed by atoms with Gasteiger partial charge in [0.2, 0.25) is 0 Å². The molecule has 0 saturated carbocycles. The number of rotatable bonds is 0. The van der Waals surface area contributed by atoms with Crippen LogP contribution in [0, 0.1) is 23.7 Å². The van der Waals surface area contributed by atoms with Gasteiger partial charge in [-0.1, -0.05) is 17.9 Å². The lowest BCUT2D eigenvalue weighted by Gasteiger charge is -2.03. The van der Waals surface area contributed by atoms with Crippen LogP contribution in [0.25, 0.3) is 0 Å². The highest BCUT2D eigenvalue weighted by molar-refractivity contribution is 5.49. The molecule has 1 spiro atoms. The summed E-state index contributed by atoms with van der Waals surface area (Å²) in [5.74, 6) is 11.5. The maximum absolute atomic E-state index is 5.64. The van der Waals surface area contributed by atoms with E-state index in [-0.39, 0.29) is 11.7 Å². The van der Waals surface area contributed by atoms with Gasteiger partial charge in [-0.2, -0.15) is 0 Å². The molecule has 2 aliphatic carbocycles. The molecule has 1 saturated heterocycles. The van der Waals surface area contributed by atoms with E-state index in [1.807, 2.05) is 6.08 Å². The number of hydrogen-bond donors (Lipinski definition) is 0. The topological polar surface area (TPSA) is 12.5 Å². The van der Waals surface area contributed by atoms with Crippen LogP contribution in [0.4, 0.5) is 0 Å². The molecule has 0 N–H and O–H groups in total. The van der Waals surface area contributed by atoms with Gasteiger partial charge < -0.3 is 4.74 Å². The molecule has 0 aromatic rings. The third-order valence-electron chi connectivity index (χ3n) is 2.75. The second-order valence-corrected chi connectivity index (χ2v) is 3.46. The Balaban J connectivity index is 2.08. The molecule has 0 radical (unpaired) electrons. The third-order valence-corrected chi connectivity index (χ3v) is 2.75. The minimum absolute atomic E-state index is 0.0583. The van der Waals surface area contributed by atoms with Crippen LogP contribution in [-0.2, 0) is 4.74 Å². The highest BCUT2D eigenvalue weighted by Crippen LogP contribution is 2.50. The molecule has 0 aromatic heterocycles. The van der Waals surface area contributed by atoms with Gasteiger partial charge in [-0.15, -0.1) is 0 Å². The zero-order valence-corrected chi connectivity index (χ0v) is 7.13. The summed E-state index contributed by atoms with van der Waals surface area (Å²) in [6.45, 7) is 0. The van der Waals surface area contributed by atoms with Crippen molar-refractivity contribution in [3.8, 4) is 23.7 Å². The summed E-state index contributed by atoms with van der Waals surface area (Å²) >= 11 is 0. The van der Waals surface area contributed by atoms with Crippen LogP contribution in [-0.4, -0.2) is 11.7 Å². The fourth-order valence-electron chi connectivity index (χ4n) is 2.01. The van der Waals surface area contributed by atoms with Crippen molar-refractivity contribution in [3.63, 3.8) is 0 Å². The molecular weight excluding hydrogens is 160 g/mol. The fraction of sp³-hybridized carbons (Fsp3) is 0.333. The van der Waals surface area contributed by atoms with Gasteiger partial charge in [-0.3, -0.25) is 0 Å². The minimum atomic E-state index is -0.0583. The van der Waals surface area contributed by atoms with Gasteiger partial charge in [-0.25, -0.2) is 0 Å². The molecule has 13 heavy (non-hydrogen) atoms. The summed E-state index contributed by atoms with van der Waals surface area (Å²) in [6, 6.07) is 0. The van der Waals surface area contributed by atoms with Gasteiger partial charge in [0.05, 0.1) is 0 Å². The number of hydrogen-bond acceptors (Lipinski definition) is 1. The van der Waals surface area contributed by atoms with Crippen molar-refractivity contribution >= 4 is 0 Å². The minimum Gasteiger partial charge on any atom is -0.347 e. The highest BCUT2D eigenvalue weighted by atomic mass is 16.6. The summed E-state index contributed by atoms with van der Waals surface area (Å²) in [7, 11) is 0. The third kappa shape index (κ3) is 0.886. The number of allylic oxidation sites excluding steroid dienone is 2. The summed E-state index contributed by atoms with van der Waals surface area (Å²) < 4.78 is 5.64. The van der Waals surface area contributed by atoms with E-state index >= 15 is 0 Å². The summed E-state index contributed by atoms with van der Waals surface area (Å²) in [5, 5.41) is 0. The SMILES string of the molecule is C1#C/C=C\C2=CCCC23OC3C#C1. The first-order valence-corrected chi connectivity index (χ1v) is 4.48. The molecule has 0 aromatic carbocycles. The average molecular weight is 168 g/mol. The van der Waals surface area contributed by atoms with Gasteiger partial charge in [0.1, 0.15) is 5.60 Å². The Morgan fingerprint density at radius 3 is 3.46 bits per heavy atom. The van der Waals surface area contributed by atoms with Crippen LogP contribution < -0.4 is 0 Å². The molecule has 2 atom stereocenters. The smallest absolute Gasteiger partial charge is 0.153 e. The van der Waals surface area contributed by atoms with Gasteiger partial charge in [0, 0.05) is 0 Å². The second-order valence-electron chi connectivity index (χ2n) is 3.46. The van der Waals surface area contributed by atoms with Gasteiger partial charge in [0.15, 0.2) is 6.10 Å². The number of ether oxygens (including phenoxy) is 1. The Labute approximate surface area is 77.5 Å². The van der Waals surface area contributed by atoms with E-state index in [1.54, 1.807) is 0 Å². The zero-order valence-electron chi connectivity index (χ0n) is 7.13. The van der Waals surface area contributed by atoms with Crippen molar-refractivity contribution in [2.75, 3.05) is 0 Å². The van der Waals surface area contributed by atoms with Crippen LogP contribution >= 0.6 is 0 Å². The van der Waals surface area contributed by atoms with E-state index < -0.39 is 0 Å². The predicted molar refractivity (Wildman–Crippen MR) is 49.6 cm³/mol. The van der Waals surface area contributed by atoms with Crippen molar-refractivity contribution in [3.05, 3.63) is 23.8 Å². The van der Waals surface area contributed by atoms with Crippen molar-refractivity contribution in [1.82, 2.24) is 0 Å². The van der Waals surface area contributed by atoms with Crippen molar-refractivity contribution in [2.24, 2.45) is 0 Å². The molecule has 0 amide bonds. The molecule has 3 rings (SSSR count). The van der Waals surface area contributed by atoms with Crippen LogP contribution in [0.5, 0.6) is 0 Å². The fourth-order valence-corrected chi connectivity index (χ4v) is 2.01. The summed E-state index contributed by atoms with van der Waals surface area (Å²) in [5.41, 5.74) is 1.21. The molecule has 1 nitrogen and oxygen atoms in total. The van der Waals surface area contributed by atoms with E-state index in [2.05, 4.69) is 35.8 Å². The van der Waals surface area contributed by atoms with Crippen molar-refractivity contribution in [1.29, 1.82) is 0 Å². The van der Waals surface area contributed by atoms with Crippen LogP contribution in [0.3, 0.4) is 0 Å². The molecular formula is C12H8O. The molecule has 3 aliphatic rings. The molecule has 62 valence electrons. The van der Waals surface area contributed by atoms with E-state index in [0.29, 0.717) is 0 Å². The predicted octanol–water partition coefficient (Wildman–Crippen LogP) is 1.42. The molecule has 1 heteroatoms. The van der Waals surface area contributed by atoms with E-state index in [9.17, 15) is 0 Å². The maximum atomic E-state index is 5.64. The molecule has 0 bridgehead atoms. The Morgan fingerprint density at radius 2 is 2.46 bits per heavy atom.